The normalized spacial score (nSPS) is 24.5. The number of hydrogen-bond acceptors (Lipinski definition) is 5. The summed E-state index contributed by atoms with van der Waals surface area (Å²) in [7, 11) is 0. The number of rotatable bonds is 7. The van der Waals surface area contributed by atoms with Crippen molar-refractivity contribution in [1.29, 1.82) is 0 Å². The molecule has 0 spiro atoms. The largest absolute Gasteiger partial charge is 0.462 e. The maximum Gasteiger partial charge on any atom is 0.129 e. The topological polar surface area (TPSA) is 60.1 Å². The van der Waals surface area contributed by atoms with Crippen molar-refractivity contribution in [2.45, 2.75) is 57.7 Å². The first-order valence-electron chi connectivity index (χ1n) is 9.54. The first-order valence-corrected chi connectivity index (χ1v) is 9.54. The third kappa shape index (κ3) is 4.82. The Morgan fingerprint density at radius 3 is 2.54 bits per heavy atom. The van der Waals surface area contributed by atoms with Crippen LogP contribution in [0, 0.1) is 5.92 Å². The van der Waals surface area contributed by atoms with Gasteiger partial charge < -0.3 is 14.6 Å². The molecule has 2 aliphatic rings. The lowest BCUT2D eigenvalue weighted by molar-refractivity contribution is 0.0370. The van der Waals surface area contributed by atoms with Crippen LogP contribution in [0.4, 0.5) is 0 Å². The second-order valence-electron chi connectivity index (χ2n) is 7.43. The molecule has 2 fully saturated rings. The predicted octanol–water partition coefficient (Wildman–Crippen LogP) is 2.22. The summed E-state index contributed by atoms with van der Waals surface area (Å²) in [5.74, 6) is 2.40. The van der Waals surface area contributed by atoms with Crippen molar-refractivity contribution in [3.8, 4) is 0 Å². The average molecular weight is 336 g/mol. The van der Waals surface area contributed by atoms with Crippen LogP contribution in [0.5, 0.6) is 0 Å². The van der Waals surface area contributed by atoms with E-state index < -0.39 is 0 Å². The van der Waals surface area contributed by atoms with Crippen LogP contribution in [0.2, 0.25) is 0 Å². The number of hydrogen-bond donors (Lipinski definition) is 2. The smallest absolute Gasteiger partial charge is 0.129 e. The van der Waals surface area contributed by atoms with Crippen molar-refractivity contribution < 1.29 is 14.6 Å². The van der Waals surface area contributed by atoms with Crippen LogP contribution < -0.4 is 0 Å². The van der Waals surface area contributed by atoms with Gasteiger partial charge in [-0.15, -0.1) is 0 Å². The van der Waals surface area contributed by atoms with Crippen LogP contribution in [0.25, 0.3) is 0 Å². The molecule has 0 unspecified atom stereocenters. The second kappa shape index (κ2) is 8.99. The van der Waals surface area contributed by atoms with Gasteiger partial charge in [-0.05, 0) is 37.3 Å². The van der Waals surface area contributed by atoms with Crippen molar-refractivity contribution in [1.82, 2.24) is 9.80 Å². The maximum absolute atomic E-state index is 9.46. The molecule has 136 valence electrons. The average Bonchev–Trinajstić information content (AvgIpc) is 3.06. The molecule has 1 aliphatic heterocycles. The lowest BCUT2D eigenvalue weighted by atomic mass is 9.88. The van der Waals surface area contributed by atoms with E-state index in [0.29, 0.717) is 11.8 Å². The van der Waals surface area contributed by atoms with E-state index in [1.165, 1.54) is 38.6 Å². The van der Waals surface area contributed by atoms with E-state index >= 15 is 0 Å². The lowest BCUT2D eigenvalue weighted by Gasteiger charge is -2.43. The summed E-state index contributed by atoms with van der Waals surface area (Å²) < 4.78 is 5.62. The Bertz CT molecular complexity index is 485. The van der Waals surface area contributed by atoms with Crippen molar-refractivity contribution in [3.63, 3.8) is 0 Å². The maximum atomic E-state index is 9.46. The fourth-order valence-electron chi connectivity index (χ4n) is 4.28. The minimum atomic E-state index is -0.0394. The highest BCUT2D eigenvalue weighted by Gasteiger charge is 2.29. The van der Waals surface area contributed by atoms with Gasteiger partial charge >= 0.3 is 0 Å². The number of piperazine rings is 1. The van der Waals surface area contributed by atoms with Crippen molar-refractivity contribution >= 4 is 0 Å². The van der Waals surface area contributed by atoms with E-state index in [1.54, 1.807) is 0 Å². The molecule has 1 saturated heterocycles. The molecule has 5 nitrogen and oxygen atoms in total. The second-order valence-corrected chi connectivity index (χ2v) is 7.43. The summed E-state index contributed by atoms with van der Waals surface area (Å²) in [5, 5.41) is 18.6. The van der Waals surface area contributed by atoms with Crippen LogP contribution in [0.3, 0.4) is 0 Å². The molecule has 1 atom stereocenters. The number of aliphatic hydroxyl groups excluding tert-OH is 2. The van der Waals surface area contributed by atoms with Gasteiger partial charge in [0.05, 0.1) is 6.54 Å². The van der Waals surface area contributed by atoms with E-state index in [1.807, 2.05) is 12.1 Å². The zero-order chi connectivity index (χ0) is 16.8. The molecule has 3 rings (SSSR count). The van der Waals surface area contributed by atoms with Gasteiger partial charge in [-0.2, -0.15) is 0 Å². The Morgan fingerprint density at radius 2 is 1.83 bits per heavy atom. The van der Waals surface area contributed by atoms with Crippen LogP contribution in [-0.2, 0) is 13.2 Å². The summed E-state index contributed by atoms with van der Waals surface area (Å²) in [4.78, 5) is 5.03. The van der Waals surface area contributed by atoms with Gasteiger partial charge in [0.15, 0.2) is 0 Å². The molecule has 2 heterocycles. The Hall–Kier alpha value is -0.880. The number of aliphatic hydroxyl groups is 2. The molecule has 1 aromatic heterocycles. The minimum Gasteiger partial charge on any atom is -0.462 e. The van der Waals surface area contributed by atoms with Gasteiger partial charge in [0.1, 0.15) is 18.1 Å². The van der Waals surface area contributed by atoms with Gasteiger partial charge in [-0.3, -0.25) is 9.80 Å². The number of nitrogens with zero attached hydrogens (tertiary/aromatic N) is 2. The van der Waals surface area contributed by atoms with Crippen LogP contribution in [0.1, 0.15) is 50.0 Å². The lowest BCUT2D eigenvalue weighted by Crippen LogP contribution is -2.54. The molecule has 1 aliphatic carbocycles. The van der Waals surface area contributed by atoms with E-state index in [4.69, 9.17) is 9.52 Å². The van der Waals surface area contributed by atoms with E-state index in [-0.39, 0.29) is 13.2 Å². The molecule has 0 radical (unpaired) electrons. The third-order valence-electron chi connectivity index (χ3n) is 5.62. The molecule has 0 amide bonds. The molecule has 0 aromatic carbocycles. The molecule has 24 heavy (non-hydrogen) atoms. The fraction of sp³-hybridized carbons (Fsp3) is 0.789. The van der Waals surface area contributed by atoms with Crippen LogP contribution >= 0.6 is 0 Å². The summed E-state index contributed by atoms with van der Waals surface area (Å²) in [6, 6.07) is 4.25. The first-order chi connectivity index (χ1) is 11.8. The zero-order valence-corrected chi connectivity index (χ0v) is 14.7. The molecule has 0 bridgehead atoms. The highest BCUT2D eigenvalue weighted by Crippen LogP contribution is 2.26. The van der Waals surface area contributed by atoms with Gasteiger partial charge in [-0.1, -0.05) is 19.3 Å². The van der Waals surface area contributed by atoms with Crippen LogP contribution in [-0.4, -0.2) is 58.8 Å². The first kappa shape index (κ1) is 17.9. The molecular formula is C19H32N2O3. The predicted molar refractivity (Wildman–Crippen MR) is 93.5 cm³/mol. The monoisotopic (exact) mass is 336 g/mol. The Balaban J connectivity index is 1.53. The van der Waals surface area contributed by atoms with Gasteiger partial charge in [0.2, 0.25) is 0 Å². The quantitative estimate of drug-likeness (QED) is 0.799. The Kier molecular flexibility index (Phi) is 6.72. The SMILES string of the molecule is OCC[C@@H]1CN(Cc2ccc(CO)o2)CCN1CC1CCCCC1. The van der Waals surface area contributed by atoms with E-state index in [9.17, 15) is 5.11 Å². The molecule has 1 aromatic rings. The molecular weight excluding hydrogens is 304 g/mol. The molecule has 1 saturated carbocycles. The Morgan fingerprint density at radius 1 is 1.04 bits per heavy atom. The summed E-state index contributed by atoms with van der Waals surface area (Å²) in [6.07, 6.45) is 7.79. The summed E-state index contributed by atoms with van der Waals surface area (Å²) >= 11 is 0. The highest BCUT2D eigenvalue weighted by molar-refractivity contribution is 5.06. The van der Waals surface area contributed by atoms with E-state index in [0.717, 1.165) is 44.3 Å². The third-order valence-corrected chi connectivity index (χ3v) is 5.62. The molecule has 5 heteroatoms. The fourth-order valence-corrected chi connectivity index (χ4v) is 4.28. The van der Waals surface area contributed by atoms with Crippen molar-refractivity contribution in [2.75, 3.05) is 32.8 Å². The van der Waals surface area contributed by atoms with Gasteiger partial charge in [-0.25, -0.2) is 0 Å². The summed E-state index contributed by atoms with van der Waals surface area (Å²) in [5.41, 5.74) is 0. The summed E-state index contributed by atoms with van der Waals surface area (Å²) in [6.45, 7) is 5.32. The standard InChI is InChI=1S/C19H32N2O3/c22-11-8-17-13-20(14-18-6-7-19(15-23)24-18)9-10-21(17)12-16-4-2-1-3-5-16/h6-7,16-17,22-23H,1-5,8-15H2/t17-/m1/s1. The number of furan rings is 1. The van der Waals surface area contributed by atoms with Crippen molar-refractivity contribution in [3.05, 3.63) is 23.7 Å². The zero-order valence-electron chi connectivity index (χ0n) is 14.7. The van der Waals surface area contributed by atoms with E-state index in [2.05, 4.69) is 9.80 Å². The molecule has 2 N–H and O–H groups in total. The van der Waals surface area contributed by atoms with Gasteiger partial charge in [0, 0.05) is 38.8 Å². The Labute approximate surface area is 145 Å². The highest BCUT2D eigenvalue weighted by atomic mass is 16.4. The van der Waals surface area contributed by atoms with Crippen LogP contribution in [0.15, 0.2) is 16.5 Å². The van der Waals surface area contributed by atoms with Gasteiger partial charge in [0.25, 0.3) is 0 Å². The minimum absolute atomic E-state index is 0.0394. The van der Waals surface area contributed by atoms with Crippen molar-refractivity contribution in [2.24, 2.45) is 5.92 Å².